The van der Waals surface area contributed by atoms with E-state index >= 15 is 0 Å². The summed E-state index contributed by atoms with van der Waals surface area (Å²) in [5, 5.41) is 14.6. The molecule has 0 aromatic heterocycles. The number of halogens is 1. The zero-order valence-corrected chi connectivity index (χ0v) is 11.4. The Labute approximate surface area is 117 Å². The van der Waals surface area contributed by atoms with E-state index in [4.69, 9.17) is 16.3 Å². The fourth-order valence-corrected chi connectivity index (χ4v) is 2.37. The SMILES string of the molecule is O=[N+]([O-])c1ccc(Cl)c(CNCC2CCCOC2)c1. The summed E-state index contributed by atoms with van der Waals surface area (Å²) >= 11 is 6.04. The lowest BCUT2D eigenvalue weighted by atomic mass is 10.0. The lowest BCUT2D eigenvalue weighted by molar-refractivity contribution is -0.384. The maximum atomic E-state index is 10.7. The number of ether oxygens (including phenoxy) is 1. The number of rotatable bonds is 5. The normalized spacial score (nSPS) is 19.3. The molecule has 104 valence electrons. The molecule has 1 unspecified atom stereocenters. The summed E-state index contributed by atoms with van der Waals surface area (Å²) in [6.45, 7) is 3.03. The van der Waals surface area contributed by atoms with Crippen molar-refractivity contribution in [1.29, 1.82) is 0 Å². The quantitative estimate of drug-likeness (QED) is 0.667. The average molecular weight is 285 g/mol. The molecule has 0 bridgehead atoms. The fourth-order valence-electron chi connectivity index (χ4n) is 2.19. The second kappa shape index (κ2) is 6.84. The van der Waals surface area contributed by atoms with Gasteiger partial charge in [0.2, 0.25) is 0 Å². The van der Waals surface area contributed by atoms with E-state index in [2.05, 4.69) is 5.32 Å². The van der Waals surface area contributed by atoms with Gasteiger partial charge >= 0.3 is 0 Å². The van der Waals surface area contributed by atoms with Crippen molar-refractivity contribution in [2.45, 2.75) is 19.4 Å². The number of hydrogen-bond donors (Lipinski definition) is 1. The van der Waals surface area contributed by atoms with Crippen molar-refractivity contribution in [3.63, 3.8) is 0 Å². The minimum Gasteiger partial charge on any atom is -0.381 e. The van der Waals surface area contributed by atoms with E-state index in [9.17, 15) is 10.1 Å². The number of nitro groups is 1. The first-order chi connectivity index (χ1) is 9.16. The largest absolute Gasteiger partial charge is 0.381 e. The molecular weight excluding hydrogens is 268 g/mol. The van der Waals surface area contributed by atoms with E-state index < -0.39 is 4.92 Å². The Kier molecular flexibility index (Phi) is 5.13. The molecule has 1 aromatic carbocycles. The lowest BCUT2D eigenvalue weighted by Crippen LogP contribution is -2.28. The molecule has 0 amide bonds. The Morgan fingerprint density at radius 2 is 2.37 bits per heavy atom. The minimum absolute atomic E-state index is 0.0715. The van der Waals surface area contributed by atoms with Crippen molar-refractivity contribution < 1.29 is 9.66 Å². The molecule has 2 rings (SSSR count). The van der Waals surface area contributed by atoms with Gasteiger partial charge in [0, 0.05) is 36.9 Å². The molecule has 0 saturated carbocycles. The topological polar surface area (TPSA) is 64.4 Å². The highest BCUT2D eigenvalue weighted by Crippen LogP contribution is 2.22. The van der Waals surface area contributed by atoms with E-state index in [1.165, 1.54) is 12.1 Å². The molecule has 19 heavy (non-hydrogen) atoms. The Morgan fingerprint density at radius 1 is 1.53 bits per heavy atom. The van der Waals surface area contributed by atoms with Gasteiger partial charge in [0.1, 0.15) is 0 Å². The summed E-state index contributed by atoms with van der Waals surface area (Å²) in [5.41, 5.74) is 0.829. The van der Waals surface area contributed by atoms with Gasteiger partial charge in [-0.25, -0.2) is 0 Å². The van der Waals surface area contributed by atoms with Crippen molar-refractivity contribution in [3.05, 3.63) is 38.9 Å². The number of benzene rings is 1. The first-order valence-electron chi connectivity index (χ1n) is 6.38. The highest BCUT2D eigenvalue weighted by Gasteiger charge is 2.14. The maximum Gasteiger partial charge on any atom is 0.269 e. The Hall–Kier alpha value is -1.17. The molecule has 1 saturated heterocycles. The first-order valence-corrected chi connectivity index (χ1v) is 6.76. The van der Waals surface area contributed by atoms with E-state index in [1.54, 1.807) is 6.07 Å². The molecule has 0 aliphatic carbocycles. The van der Waals surface area contributed by atoms with E-state index in [-0.39, 0.29) is 5.69 Å². The first kappa shape index (κ1) is 14.2. The summed E-state index contributed by atoms with van der Waals surface area (Å²) in [6, 6.07) is 4.51. The molecule has 0 spiro atoms. The maximum absolute atomic E-state index is 10.7. The molecule has 6 heteroatoms. The predicted octanol–water partition coefficient (Wildman–Crippen LogP) is 2.76. The zero-order chi connectivity index (χ0) is 13.7. The van der Waals surface area contributed by atoms with Gasteiger partial charge in [-0.05, 0) is 30.4 Å². The Bertz CT molecular complexity index is 448. The highest BCUT2D eigenvalue weighted by molar-refractivity contribution is 6.31. The molecular formula is C13H17ClN2O3. The van der Waals surface area contributed by atoms with Crippen LogP contribution in [0.15, 0.2) is 18.2 Å². The third kappa shape index (κ3) is 4.16. The predicted molar refractivity (Wildman–Crippen MR) is 73.4 cm³/mol. The number of nitrogens with one attached hydrogen (secondary N) is 1. The van der Waals surface area contributed by atoms with Gasteiger partial charge in [-0.2, -0.15) is 0 Å². The van der Waals surface area contributed by atoms with E-state index in [0.29, 0.717) is 17.5 Å². The van der Waals surface area contributed by atoms with Crippen LogP contribution >= 0.6 is 11.6 Å². The molecule has 1 aromatic rings. The van der Waals surface area contributed by atoms with Crippen LogP contribution in [0.3, 0.4) is 0 Å². The summed E-state index contributed by atoms with van der Waals surface area (Å²) in [6.07, 6.45) is 2.26. The van der Waals surface area contributed by atoms with E-state index in [1.807, 2.05) is 0 Å². The number of nitro benzene ring substituents is 1. The summed E-state index contributed by atoms with van der Waals surface area (Å²) in [7, 11) is 0. The average Bonchev–Trinajstić information content (AvgIpc) is 2.42. The van der Waals surface area contributed by atoms with Gasteiger partial charge < -0.3 is 10.1 Å². The molecule has 1 fully saturated rings. The van der Waals surface area contributed by atoms with Crippen LogP contribution in [-0.2, 0) is 11.3 Å². The van der Waals surface area contributed by atoms with Gasteiger partial charge in [-0.15, -0.1) is 0 Å². The van der Waals surface area contributed by atoms with Crippen LogP contribution in [0.2, 0.25) is 5.02 Å². The van der Waals surface area contributed by atoms with Crippen LogP contribution in [0.5, 0.6) is 0 Å². The molecule has 1 heterocycles. The van der Waals surface area contributed by atoms with Gasteiger partial charge in [0.25, 0.3) is 5.69 Å². The van der Waals surface area contributed by atoms with Crippen molar-refractivity contribution >= 4 is 17.3 Å². The summed E-state index contributed by atoms with van der Waals surface area (Å²) < 4.78 is 5.40. The third-order valence-corrected chi connectivity index (χ3v) is 3.61. The molecule has 1 atom stereocenters. The second-order valence-corrected chi connectivity index (χ2v) is 5.15. The highest BCUT2D eigenvalue weighted by atomic mass is 35.5. The second-order valence-electron chi connectivity index (χ2n) is 4.75. The summed E-state index contributed by atoms with van der Waals surface area (Å²) in [4.78, 5) is 10.3. The number of hydrogen-bond acceptors (Lipinski definition) is 4. The van der Waals surface area contributed by atoms with Crippen molar-refractivity contribution in [3.8, 4) is 0 Å². The van der Waals surface area contributed by atoms with Crippen molar-refractivity contribution in [2.75, 3.05) is 19.8 Å². The van der Waals surface area contributed by atoms with Gasteiger partial charge in [-0.1, -0.05) is 11.6 Å². The third-order valence-electron chi connectivity index (χ3n) is 3.24. The van der Waals surface area contributed by atoms with Crippen LogP contribution in [0.1, 0.15) is 18.4 Å². The fraction of sp³-hybridized carbons (Fsp3) is 0.538. The van der Waals surface area contributed by atoms with Crippen molar-refractivity contribution in [2.24, 2.45) is 5.92 Å². The molecule has 1 aliphatic heterocycles. The van der Waals surface area contributed by atoms with Crippen LogP contribution in [0, 0.1) is 16.0 Å². The lowest BCUT2D eigenvalue weighted by Gasteiger charge is -2.22. The number of non-ortho nitro benzene ring substituents is 1. The van der Waals surface area contributed by atoms with Gasteiger partial charge in [-0.3, -0.25) is 10.1 Å². The van der Waals surface area contributed by atoms with Crippen LogP contribution in [-0.4, -0.2) is 24.7 Å². The van der Waals surface area contributed by atoms with Crippen LogP contribution in [0.25, 0.3) is 0 Å². The molecule has 0 radical (unpaired) electrons. The Balaban J connectivity index is 1.87. The minimum atomic E-state index is -0.408. The molecule has 5 nitrogen and oxygen atoms in total. The van der Waals surface area contributed by atoms with Crippen LogP contribution < -0.4 is 5.32 Å². The standard InChI is InChI=1S/C13H17ClN2O3/c14-13-4-3-12(16(17)18)6-11(13)8-15-7-10-2-1-5-19-9-10/h3-4,6,10,15H,1-2,5,7-9H2. The van der Waals surface area contributed by atoms with Gasteiger partial charge in [0.05, 0.1) is 11.5 Å². The zero-order valence-electron chi connectivity index (χ0n) is 10.6. The Morgan fingerprint density at radius 3 is 3.05 bits per heavy atom. The van der Waals surface area contributed by atoms with Crippen LogP contribution in [0.4, 0.5) is 5.69 Å². The summed E-state index contributed by atoms with van der Waals surface area (Å²) in [5.74, 6) is 0.520. The monoisotopic (exact) mass is 284 g/mol. The number of nitrogens with zero attached hydrogens (tertiary/aromatic N) is 1. The molecule has 1 N–H and O–H groups in total. The van der Waals surface area contributed by atoms with E-state index in [0.717, 1.165) is 38.2 Å². The smallest absolute Gasteiger partial charge is 0.269 e. The van der Waals surface area contributed by atoms with Gasteiger partial charge in [0.15, 0.2) is 0 Å². The van der Waals surface area contributed by atoms with Crippen molar-refractivity contribution in [1.82, 2.24) is 5.32 Å². The molecule has 1 aliphatic rings.